The van der Waals surface area contributed by atoms with E-state index in [1.807, 2.05) is 42.5 Å². The fourth-order valence-corrected chi connectivity index (χ4v) is 2.79. The topological polar surface area (TPSA) is 73.0 Å². The Hall–Kier alpha value is -3.38. The van der Waals surface area contributed by atoms with Crippen LogP contribution < -0.4 is 5.32 Å². The van der Waals surface area contributed by atoms with Crippen molar-refractivity contribution in [3.63, 3.8) is 0 Å². The molecule has 0 aliphatic rings. The first-order valence-corrected chi connectivity index (χ1v) is 8.67. The van der Waals surface area contributed by atoms with E-state index in [2.05, 4.69) is 15.5 Å². The Balaban J connectivity index is 1.50. The summed E-state index contributed by atoms with van der Waals surface area (Å²) >= 11 is 5.86. The number of carbonyl (C=O) groups excluding carboxylic acids is 1. The zero-order valence-electron chi connectivity index (χ0n) is 14.2. The molecule has 0 radical (unpaired) electrons. The first-order chi connectivity index (χ1) is 13.2. The highest BCUT2D eigenvalue weighted by molar-refractivity contribution is 6.30. The molecule has 1 amide bonds. The molecule has 0 atom stereocenters. The van der Waals surface area contributed by atoms with Crippen LogP contribution in [0.5, 0.6) is 0 Å². The SMILES string of the molecule is O=C(Cn1cccc1-c1nc(-c2ccccc2)no1)Nc1ccc(Cl)cc1. The lowest BCUT2D eigenvalue weighted by Gasteiger charge is -2.08. The summed E-state index contributed by atoms with van der Waals surface area (Å²) in [5.74, 6) is 0.694. The summed E-state index contributed by atoms with van der Waals surface area (Å²) in [5.41, 5.74) is 2.23. The largest absolute Gasteiger partial charge is 0.334 e. The highest BCUT2D eigenvalue weighted by atomic mass is 35.5. The van der Waals surface area contributed by atoms with Crippen molar-refractivity contribution >= 4 is 23.2 Å². The molecule has 0 aliphatic carbocycles. The number of benzene rings is 2. The van der Waals surface area contributed by atoms with Gasteiger partial charge in [-0.1, -0.05) is 47.1 Å². The average Bonchev–Trinajstić information content (AvgIpc) is 3.33. The summed E-state index contributed by atoms with van der Waals surface area (Å²) in [6.07, 6.45) is 1.79. The van der Waals surface area contributed by atoms with E-state index < -0.39 is 0 Å². The quantitative estimate of drug-likeness (QED) is 0.555. The monoisotopic (exact) mass is 378 g/mol. The third-order valence-electron chi connectivity index (χ3n) is 3.95. The number of halogens is 1. The second-order valence-corrected chi connectivity index (χ2v) is 6.30. The molecule has 134 valence electrons. The number of rotatable bonds is 5. The van der Waals surface area contributed by atoms with Gasteiger partial charge in [-0.25, -0.2) is 0 Å². The van der Waals surface area contributed by atoms with Gasteiger partial charge >= 0.3 is 0 Å². The minimum atomic E-state index is -0.169. The van der Waals surface area contributed by atoms with Crippen molar-refractivity contribution < 1.29 is 9.32 Å². The lowest BCUT2D eigenvalue weighted by Crippen LogP contribution is -2.18. The van der Waals surface area contributed by atoms with Gasteiger partial charge in [-0.05, 0) is 36.4 Å². The minimum absolute atomic E-state index is 0.119. The van der Waals surface area contributed by atoms with E-state index in [0.29, 0.717) is 28.1 Å². The van der Waals surface area contributed by atoms with Crippen LogP contribution >= 0.6 is 11.6 Å². The molecule has 0 fully saturated rings. The van der Waals surface area contributed by atoms with Crippen LogP contribution in [0.4, 0.5) is 5.69 Å². The first kappa shape index (κ1) is 17.1. The molecule has 1 N–H and O–H groups in total. The Morgan fingerprint density at radius 3 is 2.59 bits per heavy atom. The molecule has 4 rings (SSSR count). The zero-order chi connectivity index (χ0) is 18.6. The number of aromatic nitrogens is 3. The van der Waals surface area contributed by atoms with Gasteiger partial charge in [-0.2, -0.15) is 4.98 Å². The van der Waals surface area contributed by atoms with Gasteiger partial charge in [0.1, 0.15) is 12.2 Å². The van der Waals surface area contributed by atoms with Gasteiger partial charge in [0.2, 0.25) is 11.7 Å². The van der Waals surface area contributed by atoms with Crippen LogP contribution in [0.15, 0.2) is 77.4 Å². The molecule has 6 nitrogen and oxygen atoms in total. The van der Waals surface area contributed by atoms with E-state index in [1.165, 1.54) is 0 Å². The molecule has 0 aliphatic heterocycles. The van der Waals surface area contributed by atoms with Crippen LogP contribution in [0.3, 0.4) is 0 Å². The Morgan fingerprint density at radius 2 is 1.81 bits per heavy atom. The normalized spacial score (nSPS) is 10.7. The van der Waals surface area contributed by atoms with Crippen molar-refractivity contribution in [2.45, 2.75) is 6.54 Å². The predicted octanol–water partition coefficient (Wildman–Crippen LogP) is 4.50. The number of anilines is 1. The molecule has 0 spiro atoms. The Bertz CT molecular complexity index is 1060. The first-order valence-electron chi connectivity index (χ1n) is 8.29. The van der Waals surface area contributed by atoms with Crippen molar-refractivity contribution in [1.29, 1.82) is 0 Å². The van der Waals surface area contributed by atoms with E-state index >= 15 is 0 Å². The predicted molar refractivity (Wildman–Crippen MR) is 103 cm³/mol. The number of hydrogen-bond donors (Lipinski definition) is 1. The molecule has 2 aromatic carbocycles. The summed E-state index contributed by atoms with van der Waals surface area (Å²) in [4.78, 5) is 16.8. The Morgan fingerprint density at radius 1 is 1.04 bits per heavy atom. The molecule has 0 bridgehead atoms. The number of hydrogen-bond acceptors (Lipinski definition) is 4. The van der Waals surface area contributed by atoms with Crippen LogP contribution in [0.25, 0.3) is 23.0 Å². The maximum absolute atomic E-state index is 12.3. The number of nitrogens with zero attached hydrogens (tertiary/aromatic N) is 3. The molecule has 7 heteroatoms. The average molecular weight is 379 g/mol. The standard InChI is InChI=1S/C20H15ClN4O2/c21-15-8-10-16(11-9-15)22-18(26)13-25-12-4-7-17(25)20-23-19(24-27-20)14-5-2-1-3-6-14/h1-12H,13H2,(H,22,26). The lowest BCUT2D eigenvalue weighted by atomic mass is 10.2. The van der Waals surface area contributed by atoms with Crippen LogP contribution in [0, 0.1) is 0 Å². The number of amides is 1. The van der Waals surface area contributed by atoms with Crippen LogP contribution in [0.1, 0.15) is 0 Å². The van der Waals surface area contributed by atoms with Gasteiger partial charge in [-0.15, -0.1) is 0 Å². The van der Waals surface area contributed by atoms with E-state index in [0.717, 1.165) is 5.56 Å². The molecule has 2 aromatic heterocycles. The van der Waals surface area contributed by atoms with Crippen molar-refractivity contribution in [2.75, 3.05) is 5.32 Å². The minimum Gasteiger partial charge on any atom is -0.334 e. The second-order valence-electron chi connectivity index (χ2n) is 5.87. The van der Waals surface area contributed by atoms with Crippen LogP contribution in [0.2, 0.25) is 5.02 Å². The fraction of sp³-hybridized carbons (Fsp3) is 0.0500. The zero-order valence-corrected chi connectivity index (χ0v) is 14.9. The third kappa shape index (κ3) is 3.91. The van der Waals surface area contributed by atoms with Crippen LogP contribution in [-0.4, -0.2) is 20.6 Å². The van der Waals surface area contributed by atoms with Gasteiger partial charge in [-0.3, -0.25) is 4.79 Å². The van der Waals surface area contributed by atoms with Gasteiger partial charge in [0.05, 0.1) is 0 Å². The summed E-state index contributed by atoms with van der Waals surface area (Å²) < 4.78 is 7.15. The van der Waals surface area contributed by atoms with Crippen LogP contribution in [-0.2, 0) is 11.3 Å². The number of carbonyl (C=O) groups is 1. The highest BCUT2D eigenvalue weighted by Gasteiger charge is 2.15. The van der Waals surface area contributed by atoms with Gasteiger partial charge in [0.25, 0.3) is 5.89 Å². The summed E-state index contributed by atoms with van der Waals surface area (Å²) in [6, 6.07) is 20.2. The molecule has 0 saturated carbocycles. The van der Waals surface area contributed by atoms with E-state index in [4.69, 9.17) is 16.1 Å². The van der Waals surface area contributed by atoms with E-state index in [1.54, 1.807) is 35.0 Å². The smallest absolute Gasteiger partial charge is 0.274 e. The van der Waals surface area contributed by atoms with Crippen molar-refractivity contribution in [2.24, 2.45) is 0 Å². The van der Waals surface area contributed by atoms with E-state index in [-0.39, 0.29) is 12.5 Å². The van der Waals surface area contributed by atoms with Crippen molar-refractivity contribution in [3.8, 4) is 23.0 Å². The third-order valence-corrected chi connectivity index (χ3v) is 4.20. The summed E-state index contributed by atoms with van der Waals surface area (Å²) in [7, 11) is 0. The molecular formula is C20H15ClN4O2. The molecule has 2 heterocycles. The Labute approximate surface area is 160 Å². The fourth-order valence-electron chi connectivity index (χ4n) is 2.67. The molecule has 27 heavy (non-hydrogen) atoms. The number of nitrogens with one attached hydrogen (secondary N) is 1. The Kier molecular flexibility index (Phi) is 4.72. The van der Waals surface area contributed by atoms with Crippen molar-refractivity contribution in [1.82, 2.24) is 14.7 Å². The molecule has 4 aromatic rings. The maximum atomic E-state index is 12.3. The molecular weight excluding hydrogens is 364 g/mol. The summed E-state index contributed by atoms with van der Waals surface area (Å²) in [6.45, 7) is 0.119. The lowest BCUT2D eigenvalue weighted by molar-refractivity contribution is -0.116. The van der Waals surface area contributed by atoms with Crippen molar-refractivity contribution in [3.05, 3.63) is 77.9 Å². The second kappa shape index (κ2) is 7.47. The van der Waals surface area contributed by atoms with Gasteiger partial charge in [0.15, 0.2) is 0 Å². The van der Waals surface area contributed by atoms with Gasteiger partial charge < -0.3 is 14.4 Å². The van der Waals surface area contributed by atoms with Gasteiger partial charge in [0, 0.05) is 22.5 Å². The van der Waals surface area contributed by atoms with E-state index in [9.17, 15) is 4.79 Å². The maximum Gasteiger partial charge on any atom is 0.274 e. The molecule has 0 unspecified atom stereocenters. The highest BCUT2D eigenvalue weighted by Crippen LogP contribution is 2.23. The summed E-state index contributed by atoms with van der Waals surface area (Å²) in [5, 5.41) is 7.48. The molecule has 0 saturated heterocycles.